The summed E-state index contributed by atoms with van der Waals surface area (Å²) in [5.41, 5.74) is 0. The van der Waals surface area contributed by atoms with Crippen molar-refractivity contribution in [3.05, 3.63) is 5.38 Å². The average molecular weight is 431 g/mol. The molecule has 4 heteroatoms. The van der Waals surface area contributed by atoms with E-state index in [2.05, 4.69) is 26.2 Å². The summed E-state index contributed by atoms with van der Waals surface area (Å²) >= 11 is -0.570. The van der Waals surface area contributed by atoms with Gasteiger partial charge in [-0.15, -0.1) is 0 Å². The first kappa shape index (κ1) is 18.4. The van der Waals surface area contributed by atoms with Crippen molar-refractivity contribution in [2.45, 2.75) is 72.6 Å². The predicted molar refractivity (Wildman–Crippen MR) is 99.8 cm³/mol. The van der Waals surface area contributed by atoms with Crippen LogP contribution in [0.4, 0.5) is 0 Å². The summed E-state index contributed by atoms with van der Waals surface area (Å²) < 4.78 is 18.1. The molecule has 0 N–H and O–H groups in total. The van der Waals surface area contributed by atoms with Crippen molar-refractivity contribution in [2.75, 3.05) is 13.2 Å². The van der Waals surface area contributed by atoms with Gasteiger partial charge in [-0.25, -0.2) is 0 Å². The molecule has 0 unspecified atom stereocenters. The third-order valence-corrected chi connectivity index (χ3v) is 21.9. The summed E-state index contributed by atoms with van der Waals surface area (Å²) in [6.07, 6.45) is 8.15. The van der Waals surface area contributed by atoms with Gasteiger partial charge < -0.3 is 0 Å². The van der Waals surface area contributed by atoms with Gasteiger partial charge in [-0.1, -0.05) is 0 Å². The Morgan fingerprint density at radius 2 is 1.45 bits per heavy atom. The first-order valence-corrected chi connectivity index (χ1v) is 17.5. The molecule has 0 saturated carbocycles. The Morgan fingerprint density at radius 1 is 0.909 bits per heavy atom. The summed E-state index contributed by atoms with van der Waals surface area (Å²) in [5.74, 6) is 1.16. The fourth-order valence-corrected chi connectivity index (χ4v) is 22.6. The molecule has 0 bridgehead atoms. The van der Waals surface area contributed by atoms with E-state index in [-0.39, 0.29) is 0 Å². The van der Waals surface area contributed by atoms with Gasteiger partial charge in [0.2, 0.25) is 0 Å². The number of fused-ring (bicyclic) bond motifs is 1. The van der Waals surface area contributed by atoms with E-state index >= 15 is 0 Å². The molecule has 0 radical (unpaired) electrons. The summed E-state index contributed by atoms with van der Waals surface area (Å²) in [4.78, 5) is 0. The zero-order valence-corrected chi connectivity index (χ0v) is 18.3. The monoisotopic (exact) mass is 432 g/mol. The first-order valence-electron chi connectivity index (χ1n) is 9.15. The molecule has 2 heterocycles. The standard InChI is InChI=1S/C6H5O2S.3C4H9.Sn/c1-4-9-6-5(1)7-2-3-8-6;3*1-3-4-2;/h4H,2-3H2;3*1,3-4H2,2H3;. The van der Waals surface area contributed by atoms with E-state index in [0.29, 0.717) is 6.61 Å². The number of hydrogen-bond acceptors (Lipinski definition) is 3. The van der Waals surface area contributed by atoms with Crippen molar-refractivity contribution >= 4 is 33.3 Å². The number of hydrogen-bond donors (Lipinski definition) is 0. The van der Waals surface area contributed by atoms with Crippen LogP contribution in [-0.4, -0.2) is 31.6 Å². The Labute approximate surface area is 144 Å². The fourth-order valence-electron chi connectivity index (χ4n) is 3.53. The van der Waals surface area contributed by atoms with E-state index in [9.17, 15) is 0 Å². The van der Waals surface area contributed by atoms with Gasteiger partial charge >= 0.3 is 145 Å². The summed E-state index contributed by atoms with van der Waals surface area (Å²) in [5, 5.41) is 3.49. The quantitative estimate of drug-likeness (QED) is 0.451. The van der Waals surface area contributed by atoms with Crippen molar-refractivity contribution in [3.63, 3.8) is 0 Å². The SMILES string of the molecule is CCC[CH2][Sn]([CH2]CCC)([CH2]CCC)[c]1csc2c1OCCO2. The molecule has 22 heavy (non-hydrogen) atoms. The maximum atomic E-state index is 6.08. The molecule has 0 aromatic carbocycles. The second-order valence-electron chi connectivity index (χ2n) is 6.55. The van der Waals surface area contributed by atoms with Gasteiger partial charge in [0.05, 0.1) is 0 Å². The molecule has 0 saturated heterocycles. The summed E-state index contributed by atoms with van der Waals surface area (Å²) in [6.45, 7) is 8.44. The third kappa shape index (κ3) is 4.34. The molecule has 0 fully saturated rings. The molecular weight excluding hydrogens is 399 g/mol. The van der Waals surface area contributed by atoms with Gasteiger partial charge in [-0.2, -0.15) is 0 Å². The van der Waals surface area contributed by atoms with Gasteiger partial charge in [0.15, 0.2) is 0 Å². The second kappa shape index (κ2) is 9.41. The Hall–Kier alpha value is 0.0987. The molecule has 0 spiro atoms. The Kier molecular flexibility index (Phi) is 7.88. The molecular formula is C18H32O2SSn. The van der Waals surface area contributed by atoms with Gasteiger partial charge in [-0.3, -0.25) is 0 Å². The second-order valence-corrected chi connectivity index (χ2v) is 20.5. The van der Waals surface area contributed by atoms with Gasteiger partial charge in [0.1, 0.15) is 0 Å². The molecule has 0 aliphatic carbocycles. The van der Waals surface area contributed by atoms with E-state index in [0.717, 1.165) is 17.4 Å². The van der Waals surface area contributed by atoms with E-state index in [1.807, 2.05) is 0 Å². The van der Waals surface area contributed by atoms with Crippen LogP contribution in [0, 0.1) is 0 Å². The molecule has 126 valence electrons. The minimum atomic E-state index is -2.35. The van der Waals surface area contributed by atoms with Crippen LogP contribution >= 0.6 is 11.3 Å². The first-order chi connectivity index (χ1) is 10.8. The van der Waals surface area contributed by atoms with Gasteiger partial charge in [0.25, 0.3) is 0 Å². The Bertz CT molecular complexity index is 423. The topological polar surface area (TPSA) is 18.5 Å². The Morgan fingerprint density at radius 3 is 2.00 bits per heavy atom. The van der Waals surface area contributed by atoms with Gasteiger partial charge in [-0.05, 0) is 0 Å². The molecule has 0 atom stereocenters. The fraction of sp³-hybridized carbons (Fsp3) is 0.778. The number of rotatable bonds is 10. The number of unbranched alkanes of at least 4 members (excludes halogenated alkanes) is 3. The van der Waals surface area contributed by atoms with Crippen molar-refractivity contribution in [3.8, 4) is 10.8 Å². The normalized spacial score (nSPS) is 14.3. The van der Waals surface area contributed by atoms with Crippen LogP contribution in [-0.2, 0) is 0 Å². The number of ether oxygens (including phenoxy) is 2. The summed E-state index contributed by atoms with van der Waals surface area (Å²) in [7, 11) is 0. The van der Waals surface area contributed by atoms with Crippen molar-refractivity contribution in [1.82, 2.24) is 0 Å². The van der Waals surface area contributed by atoms with Crippen LogP contribution in [0.3, 0.4) is 0 Å². The van der Waals surface area contributed by atoms with Crippen LogP contribution < -0.4 is 13.1 Å². The van der Waals surface area contributed by atoms with E-state index in [4.69, 9.17) is 9.47 Å². The molecule has 2 nitrogen and oxygen atoms in total. The van der Waals surface area contributed by atoms with Crippen molar-refractivity contribution in [2.24, 2.45) is 0 Å². The average Bonchev–Trinajstić information content (AvgIpc) is 2.99. The van der Waals surface area contributed by atoms with Crippen LogP contribution in [0.25, 0.3) is 0 Å². The predicted octanol–water partition coefficient (Wildman–Crippen LogP) is 5.58. The zero-order valence-electron chi connectivity index (χ0n) is 14.6. The van der Waals surface area contributed by atoms with E-state index < -0.39 is 18.4 Å². The summed E-state index contributed by atoms with van der Waals surface area (Å²) in [6, 6.07) is 0. The number of thiophene rings is 1. The zero-order chi connectivity index (χ0) is 15.8. The molecule has 1 aliphatic rings. The molecule has 1 aromatic rings. The third-order valence-electron chi connectivity index (χ3n) is 4.87. The van der Waals surface area contributed by atoms with E-state index in [1.165, 1.54) is 51.8 Å². The van der Waals surface area contributed by atoms with E-state index in [1.54, 1.807) is 14.9 Å². The molecule has 1 aliphatic heterocycles. The molecule has 0 amide bonds. The van der Waals surface area contributed by atoms with Crippen molar-refractivity contribution < 1.29 is 9.47 Å². The van der Waals surface area contributed by atoms with Crippen LogP contribution in [0.5, 0.6) is 10.8 Å². The van der Waals surface area contributed by atoms with Crippen LogP contribution in [0.1, 0.15) is 59.3 Å². The molecule has 1 aromatic heterocycles. The van der Waals surface area contributed by atoms with Gasteiger partial charge in [0, 0.05) is 0 Å². The Balaban J connectivity index is 2.32. The van der Waals surface area contributed by atoms with Crippen LogP contribution in [0.2, 0.25) is 13.3 Å². The molecule has 2 rings (SSSR count). The minimum absolute atomic E-state index is 0.717. The maximum absolute atomic E-state index is 6.08. The van der Waals surface area contributed by atoms with Crippen LogP contribution in [0.15, 0.2) is 5.38 Å². The van der Waals surface area contributed by atoms with Crippen molar-refractivity contribution in [1.29, 1.82) is 0 Å².